The van der Waals surface area contributed by atoms with Gasteiger partial charge >= 0.3 is 0 Å². The number of carbonyl (C=O) groups is 3. The van der Waals surface area contributed by atoms with E-state index >= 15 is 0 Å². The molecule has 3 heterocycles. The van der Waals surface area contributed by atoms with E-state index in [0.717, 1.165) is 22.4 Å². The van der Waals surface area contributed by atoms with Crippen molar-refractivity contribution in [2.45, 2.75) is 12.5 Å². The van der Waals surface area contributed by atoms with Crippen LogP contribution in [0.2, 0.25) is 0 Å². The summed E-state index contributed by atoms with van der Waals surface area (Å²) in [7, 11) is -1.29. The monoisotopic (exact) mass is 383 g/mol. The van der Waals surface area contributed by atoms with Crippen LogP contribution in [0.4, 0.5) is 4.79 Å². The fourth-order valence-corrected chi connectivity index (χ4v) is 5.22. The lowest BCUT2D eigenvalue weighted by atomic mass is 10.2. The van der Waals surface area contributed by atoms with Gasteiger partial charge in [0.2, 0.25) is 5.91 Å². The summed E-state index contributed by atoms with van der Waals surface area (Å²) in [6.45, 7) is -0.411. The zero-order valence-corrected chi connectivity index (χ0v) is 15.1. The summed E-state index contributed by atoms with van der Waals surface area (Å²) in [4.78, 5) is 37.6. The summed E-state index contributed by atoms with van der Waals surface area (Å²) >= 11 is 0.783. The predicted octanol–water partition coefficient (Wildman–Crippen LogP) is 0.365. The first kappa shape index (κ1) is 17.7. The molecule has 0 saturated carbocycles. The Morgan fingerprint density at radius 2 is 2.20 bits per heavy atom. The van der Waals surface area contributed by atoms with Gasteiger partial charge in [0, 0.05) is 25.0 Å². The van der Waals surface area contributed by atoms with Crippen LogP contribution in [0.3, 0.4) is 0 Å². The van der Waals surface area contributed by atoms with Crippen LogP contribution in [-0.4, -0.2) is 59.0 Å². The molecule has 1 N–H and O–H groups in total. The minimum atomic E-state index is -3.11. The molecule has 0 aliphatic carbocycles. The molecule has 0 spiro atoms. The Bertz CT molecular complexity index is 871. The van der Waals surface area contributed by atoms with E-state index in [-0.39, 0.29) is 16.4 Å². The fraction of sp³-hybridized carbons (Fsp3) is 0.400. The Morgan fingerprint density at radius 1 is 1.44 bits per heavy atom. The third kappa shape index (κ3) is 3.96. The molecule has 1 unspecified atom stereocenters. The molecule has 1 aromatic rings. The van der Waals surface area contributed by atoms with Crippen molar-refractivity contribution in [1.29, 1.82) is 0 Å². The van der Waals surface area contributed by atoms with Crippen molar-refractivity contribution < 1.29 is 22.8 Å². The Balaban J connectivity index is 1.64. The van der Waals surface area contributed by atoms with E-state index in [1.165, 1.54) is 0 Å². The molecule has 0 bridgehead atoms. The molecular weight excluding hydrogens is 366 g/mol. The molecule has 134 valence electrons. The molecule has 1 aromatic heterocycles. The Labute approximate surface area is 149 Å². The highest BCUT2D eigenvalue weighted by Gasteiger charge is 2.37. The van der Waals surface area contributed by atoms with Crippen molar-refractivity contribution in [3.8, 4) is 0 Å². The zero-order valence-electron chi connectivity index (χ0n) is 13.5. The molecule has 3 rings (SSSR count). The van der Waals surface area contributed by atoms with Crippen molar-refractivity contribution in [3.63, 3.8) is 0 Å². The van der Waals surface area contributed by atoms with E-state index in [4.69, 9.17) is 0 Å². The maximum atomic E-state index is 12.4. The molecule has 1 atom stereocenters. The average Bonchev–Trinajstić information content (AvgIpc) is 3.15. The van der Waals surface area contributed by atoms with Crippen molar-refractivity contribution in [2.24, 2.45) is 7.05 Å². The zero-order chi connectivity index (χ0) is 18.2. The predicted molar refractivity (Wildman–Crippen MR) is 93.3 cm³/mol. The normalized spacial score (nSPS) is 24.3. The van der Waals surface area contributed by atoms with Gasteiger partial charge in [-0.2, -0.15) is 0 Å². The molecule has 8 nitrogen and oxygen atoms in total. The molecule has 2 saturated heterocycles. The summed E-state index contributed by atoms with van der Waals surface area (Å²) in [5, 5.41) is 2.06. The van der Waals surface area contributed by atoms with Crippen molar-refractivity contribution >= 4 is 44.7 Å². The number of hydrogen-bond acceptors (Lipinski definition) is 6. The summed E-state index contributed by atoms with van der Waals surface area (Å²) < 4.78 is 24.6. The van der Waals surface area contributed by atoms with Gasteiger partial charge in [0.15, 0.2) is 9.84 Å². The van der Waals surface area contributed by atoms with E-state index in [9.17, 15) is 22.8 Å². The van der Waals surface area contributed by atoms with Crippen LogP contribution in [0.15, 0.2) is 23.2 Å². The summed E-state index contributed by atoms with van der Waals surface area (Å²) in [6, 6.07) is 3.16. The highest BCUT2D eigenvalue weighted by atomic mass is 32.2. The molecule has 2 aliphatic rings. The molecule has 0 aromatic carbocycles. The van der Waals surface area contributed by atoms with Crippen LogP contribution < -0.4 is 5.32 Å². The van der Waals surface area contributed by atoms with Crippen LogP contribution in [0.1, 0.15) is 12.1 Å². The smallest absolute Gasteiger partial charge is 0.294 e. The lowest BCUT2D eigenvalue weighted by molar-refractivity contribution is -0.129. The van der Waals surface area contributed by atoms with E-state index in [1.54, 1.807) is 16.7 Å². The van der Waals surface area contributed by atoms with Gasteiger partial charge in [-0.3, -0.25) is 19.3 Å². The largest absolute Gasteiger partial charge is 0.351 e. The first-order valence-corrected chi connectivity index (χ1v) is 10.3. The van der Waals surface area contributed by atoms with Gasteiger partial charge in [-0.25, -0.2) is 8.42 Å². The van der Waals surface area contributed by atoms with Gasteiger partial charge in [-0.1, -0.05) is 0 Å². The number of aryl methyl sites for hydroxylation is 1. The number of rotatable bonds is 4. The standard InChI is InChI=1S/C15H17N3O5S2/c1-17-5-2-3-11(17)7-12-14(20)18(15(21)24-12)8-13(19)16-10-4-6-25(22,23)9-10/h2-3,5,7,10H,4,6,8-9H2,1H3,(H,16,19). The number of sulfone groups is 1. The second-order valence-corrected chi connectivity index (χ2v) is 9.20. The quantitative estimate of drug-likeness (QED) is 0.753. The number of hydrogen-bond donors (Lipinski definition) is 1. The Kier molecular flexibility index (Phi) is 4.74. The third-order valence-electron chi connectivity index (χ3n) is 4.04. The summed E-state index contributed by atoms with van der Waals surface area (Å²) in [6.07, 6.45) is 3.77. The van der Waals surface area contributed by atoms with Crippen LogP contribution in [0.5, 0.6) is 0 Å². The first-order valence-electron chi connectivity index (χ1n) is 7.62. The van der Waals surface area contributed by atoms with Gasteiger partial charge in [0.05, 0.1) is 16.4 Å². The second kappa shape index (κ2) is 6.68. The third-order valence-corrected chi connectivity index (χ3v) is 6.71. The highest BCUT2D eigenvalue weighted by molar-refractivity contribution is 8.18. The topological polar surface area (TPSA) is 106 Å². The molecular formula is C15H17N3O5S2. The SMILES string of the molecule is Cn1cccc1C=C1SC(=O)N(CC(=O)NC2CCS(=O)(=O)C2)C1=O. The maximum Gasteiger partial charge on any atom is 0.294 e. The van der Waals surface area contributed by atoms with Crippen LogP contribution in [-0.2, 0) is 26.5 Å². The number of thioether (sulfide) groups is 1. The van der Waals surface area contributed by atoms with E-state index in [1.807, 2.05) is 19.3 Å². The lowest BCUT2D eigenvalue weighted by Gasteiger charge is -2.15. The average molecular weight is 383 g/mol. The van der Waals surface area contributed by atoms with Gasteiger partial charge < -0.3 is 9.88 Å². The highest BCUT2D eigenvalue weighted by Crippen LogP contribution is 2.32. The maximum absolute atomic E-state index is 12.4. The fourth-order valence-electron chi connectivity index (χ4n) is 2.72. The lowest BCUT2D eigenvalue weighted by Crippen LogP contribution is -2.44. The van der Waals surface area contributed by atoms with Gasteiger partial charge in [-0.15, -0.1) is 0 Å². The minimum absolute atomic E-state index is 0.0406. The van der Waals surface area contributed by atoms with E-state index in [2.05, 4.69) is 5.32 Å². The first-order chi connectivity index (χ1) is 11.7. The number of amides is 3. The molecule has 2 fully saturated rings. The Hall–Kier alpha value is -2.07. The Morgan fingerprint density at radius 3 is 2.80 bits per heavy atom. The summed E-state index contributed by atoms with van der Waals surface area (Å²) in [5.74, 6) is -1.12. The number of carbonyl (C=O) groups excluding carboxylic acids is 3. The van der Waals surface area contributed by atoms with E-state index < -0.39 is 39.5 Å². The van der Waals surface area contributed by atoms with Crippen LogP contribution >= 0.6 is 11.8 Å². The van der Waals surface area contributed by atoms with Gasteiger partial charge in [-0.05, 0) is 36.4 Å². The van der Waals surface area contributed by atoms with Gasteiger partial charge in [0.25, 0.3) is 11.1 Å². The molecule has 25 heavy (non-hydrogen) atoms. The van der Waals surface area contributed by atoms with Crippen molar-refractivity contribution in [2.75, 3.05) is 18.1 Å². The number of imide groups is 1. The van der Waals surface area contributed by atoms with E-state index in [0.29, 0.717) is 6.42 Å². The molecule has 10 heteroatoms. The second-order valence-electron chi connectivity index (χ2n) is 5.98. The van der Waals surface area contributed by atoms with Gasteiger partial charge in [0.1, 0.15) is 6.54 Å². The number of nitrogens with one attached hydrogen (secondary N) is 1. The van der Waals surface area contributed by atoms with Crippen molar-refractivity contribution in [3.05, 3.63) is 28.9 Å². The number of aromatic nitrogens is 1. The minimum Gasteiger partial charge on any atom is -0.351 e. The van der Waals surface area contributed by atoms with Crippen LogP contribution in [0, 0.1) is 0 Å². The summed E-state index contributed by atoms with van der Waals surface area (Å²) in [5.41, 5.74) is 0.770. The molecule has 3 amide bonds. The molecule has 0 radical (unpaired) electrons. The number of nitrogens with zero attached hydrogens (tertiary/aromatic N) is 2. The molecule has 2 aliphatic heterocycles. The van der Waals surface area contributed by atoms with Crippen LogP contribution in [0.25, 0.3) is 6.08 Å². The van der Waals surface area contributed by atoms with Crippen molar-refractivity contribution in [1.82, 2.24) is 14.8 Å².